The maximum absolute atomic E-state index is 10.8. The van der Waals surface area contributed by atoms with Crippen LogP contribution in [0.25, 0.3) is 0 Å². The quantitative estimate of drug-likeness (QED) is 0.604. The number of rotatable bonds is 8. The van der Waals surface area contributed by atoms with Crippen molar-refractivity contribution in [2.24, 2.45) is 0 Å². The Morgan fingerprint density at radius 1 is 1.32 bits per heavy atom. The molecule has 0 spiro atoms. The highest BCUT2D eigenvalue weighted by atomic mass is 32.2. The minimum atomic E-state index is -3.11. The van der Waals surface area contributed by atoms with E-state index in [1.165, 1.54) is 0 Å². The van der Waals surface area contributed by atoms with Crippen molar-refractivity contribution < 1.29 is 18.3 Å². The predicted molar refractivity (Wildman–Crippen MR) is 73.8 cm³/mol. The van der Waals surface area contributed by atoms with E-state index in [-0.39, 0.29) is 5.75 Å². The van der Waals surface area contributed by atoms with Crippen LogP contribution in [0.2, 0.25) is 0 Å². The molecule has 0 aliphatic carbocycles. The first-order valence-electron chi connectivity index (χ1n) is 5.93. The molecule has 0 heterocycles. The van der Waals surface area contributed by atoms with Crippen LogP contribution in [0.4, 0.5) is 0 Å². The van der Waals surface area contributed by atoms with Gasteiger partial charge in [-0.05, 0) is 31.2 Å². The summed E-state index contributed by atoms with van der Waals surface area (Å²) in [4.78, 5) is 0. The Morgan fingerprint density at radius 3 is 2.68 bits per heavy atom. The van der Waals surface area contributed by atoms with Gasteiger partial charge in [0.1, 0.15) is 11.5 Å². The average molecular weight is 288 g/mol. The third-order valence-electron chi connectivity index (χ3n) is 2.50. The zero-order valence-electron chi connectivity index (χ0n) is 11.1. The zero-order valence-corrected chi connectivity index (χ0v) is 12.0. The molecule has 6 nitrogen and oxygen atoms in total. The normalized spacial score (nSPS) is 11.5. The van der Waals surface area contributed by atoms with E-state index in [1.807, 2.05) is 0 Å². The van der Waals surface area contributed by atoms with E-state index in [0.29, 0.717) is 31.8 Å². The molecule has 0 amide bonds. The summed E-state index contributed by atoms with van der Waals surface area (Å²) >= 11 is 0. The van der Waals surface area contributed by atoms with Gasteiger partial charge < -0.3 is 15.2 Å². The zero-order chi connectivity index (χ0) is 14.3. The Labute approximate surface area is 113 Å². The average Bonchev–Trinajstić information content (AvgIpc) is 2.34. The molecule has 0 aliphatic heterocycles. The van der Waals surface area contributed by atoms with Crippen molar-refractivity contribution in [2.75, 3.05) is 26.5 Å². The molecule has 7 heteroatoms. The molecule has 0 aromatic heterocycles. The van der Waals surface area contributed by atoms with Gasteiger partial charge in [-0.25, -0.2) is 13.1 Å². The van der Waals surface area contributed by atoms with Gasteiger partial charge in [-0.3, -0.25) is 0 Å². The van der Waals surface area contributed by atoms with Crippen LogP contribution in [0, 0.1) is 0 Å². The smallest absolute Gasteiger partial charge is 0.208 e. The molecular formula is C12H20N2O4S. The third kappa shape index (κ3) is 6.42. The number of hydrogen-bond acceptors (Lipinski definition) is 5. The van der Waals surface area contributed by atoms with E-state index >= 15 is 0 Å². The molecule has 1 aromatic rings. The van der Waals surface area contributed by atoms with Crippen molar-refractivity contribution in [1.29, 1.82) is 0 Å². The first-order chi connectivity index (χ1) is 8.92. The van der Waals surface area contributed by atoms with Crippen molar-refractivity contribution in [3.63, 3.8) is 0 Å². The van der Waals surface area contributed by atoms with Crippen LogP contribution in [0.5, 0.6) is 11.5 Å². The minimum absolute atomic E-state index is 0.211. The van der Waals surface area contributed by atoms with Gasteiger partial charge in [0.25, 0.3) is 0 Å². The highest BCUT2D eigenvalue weighted by molar-refractivity contribution is 7.88. The largest absolute Gasteiger partial charge is 0.508 e. The summed E-state index contributed by atoms with van der Waals surface area (Å²) < 4.78 is 29.1. The first-order valence-corrected chi connectivity index (χ1v) is 7.83. The van der Waals surface area contributed by atoms with Gasteiger partial charge in [0.15, 0.2) is 0 Å². The first kappa shape index (κ1) is 15.7. The molecule has 0 unspecified atom stereocenters. The topological polar surface area (TPSA) is 87.7 Å². The summed E-state index contributed by atoms with van der Waals surface area (Å²) in [6.45, 7) is 1.55. The number of methoxy groups -OCH3 is 1. The Bertz CT molecular complexity index is 502. The maximum Gasteiger partial charge on any atom is 0.208 e. The summed E-state index contributed by atoms with van der Waals surface area (Å²) in [6, 6.07) is 5.03. The molecule has 108 valence electrons. The number of aromatic hydroxyl groups is 1. The van der Waals surface area contributed by atoms with Crippen molar-refractivity contribution in [3.8, 4) is 11.5 Å². The summed E-state index contributed by atoms with van der Waals surface area (Å²) in [5, 5.41) is 12.8. The Hall–Kier alpha value is -1.31. The standard InChI is InChI=1S/C12H20N2O4S/c1-18-11-4-5-12(15)10(8-11)9-13-6-3-7-14-19(2,16)17/h4-5,8,13-15H,3,6-7,9H2,1-2H3. The second kappa shape index (κ2) is 7.32. The molecule has 1 rings (SSSR count). The molecular weight excluding hydrogens is 268 g/mol. The second-order valence-corrected chi connectivity index (χ2v) is 6.02. The molecule has 1 aromatic carbocycles. The van der Waals surface area contributed by atoms with E-state index < -0.39 is 10.0 Å². The van der Waals surface area contributed by atoms with Crippen molar-refractivity contribution in [1.82, 2.24) is 10.0 Å². The lowest BCUT2D eigenvalue weighted by Gasteiger charge is -2.09. The van der Waals surface area contributed by atoms with Crippen LogP contribution < -0.4 is 14.8 Å². The van der Waals surface area contributed by atoms with Gasteiger partial charge in [-0.15, -0.1) is 0 Å². The Balaban J connectivity index is 2.29. The van der Waals surface area contributed by atoms with Crippen LogP contribution in [0.1, 0.15) is 12.0 Å². The van der Waals surface area contributed by atoms with E-state index in [1.54, 1.807) is 25.3 Å². The number of sulfonamides is 1. The SMILES string of the molecule is COc1ccc(O)c(CNCCCNS(C)(=O)=O)c1. The van der Waals surface area contributed by atoms with E-state index in [0.717, 1.165) is 11.8 Å². The molecule has 0 fully saturated rings. The van der Waals surface area contributed by atoms with Gasteiger partial charge in [0.05, 0.1) is 13.4 Å². The van der Waals surface area contributed by atoms with Gasteiger partial charge in [-0.1, -0.05) is 0 Å². The van der Waals surface area contributed by atoms with Crippen molar-refractivity contribution in [2.45, 2.75) is 13.0 Å². The van der Waals surface area contributed by atoms with Crippen LogP contribution >= 0.6 is 0 Å². The lowest BCUT2D eigenvalue weighted by atomic mass is 10.2. The molecule has 0 aliphatic rings. The van der Waals surface area contributed by atoms with E-state index in [2.05, 4.69) is 10.0 Å². The van der Waals surface area contributed by atoms with Crippen molar-refractivity contribution in [3.05, 3.63) is 23.8 Å². The van der Waals surface area contributed by atoms with E-state index in [9.17, 15) is 13.5 Å². The maximum atomic E-state index is 10.8. The third-order valence-corrected chi connectivity index (χ3v) is 3.23. The van der Waals surface area contributed by atoms with Gasteiger partial charge in [0.2, 0.25) is 10.0 Å². The number of phenols is 1. The molecule has 0 radical (unpaired) electrons. The fourth-order valence-electron chi connectivity index (χ4n) is 1.52. The molecule has 3 N–H and O–H groups in total. The molecule has 0 bridgehead atoms. The lowest BCUT2D eigenvalue weighted by molar-refractivity contribution is 0.410. The lowest BCUT2D eigenvalue weighted by Crippen LogP contribution is -2.26. The summed E-state index contributed by atoms with van der Waals surface area (Å²) in [6.07, 6.45) is 1.81. The summed E-state index contributed by atoms with van der Waals surface area (Å²) in [5.41, 5.74) is 0.746. The van der Waals surface area contributed by atoms with Gasteiger partial charge in [0, 0.05) is 18.7 Å². The molecule has 0 saturated heterocycles. The van der Waals surface area contributed by atoms with Gasteiger partial charge in [-0.2, -0.15) is 0 Å². The summed E-state index contributed by atoms with van der Waals surface area (Å²) in [5.74, 6) is 0.899. The minimum Gasteiger partial charge on any atom is -0.508 e. The van der Waals surface area contributed by atoms with Crippen LogP contribution in [-0.2, 0) is 16.6 Å². The van der Waals surface area contributed by atoms with Crippen LogP contribution in [0.3, 0.4) is 0 Å². The number of ether oxygens (including phenoxy) is 1. The fraction of sp³-hybridized carbons (Fsp3) is 0.500. The van der Waals surface area contributed by atoms with E-state index in [4.69, 9.17) is 4.74 Å². The molecule has 19 heavy (non-hydrogen) atoms. The molecule has 0 saturated carbocycles. The Kier molecular flexibility index (Phi) is 6.07. The monoisotopic (exact) mass is 288 g/mol. The second-order valence-electron chi connectivity index (χ2n) is 4.19. The highest BCUT2D eigenvalue weighted by Gasteiger charge is 2.03. The number of nitrogens with one attached hydrogen (secondary N) is 2. The number of hydrogen-bond donors (Lipinski definition) is 3. The number of benzene rings is 1. The Morgan fingerprint density at radius 2 is 2.05 bits per heavy atom. The van der Waals surface area contributed by atoms with Crippen LogP contribution in [0.15, 0.2) is 18.2 Å². The molecule has 0 atom stereocenters. The highest BCUT2D eigenvalue weighted by Crippen LogP contribution is 2.22. The number of phenolic OH excluding ortho intramolecular Hbond substituents is 1. The van der Waals surface area contributed by atoms with Gasteiger partial charge >= 0.3 is 0 Å². The summed E-state index contributed by atoms with van der Waals surface area (Å²) in [7, 11) is -1.54. The van der Waals surface area contributed by atoms with Crippen LogP contribution in [-0.4, -0.2) is 40.0 Å². The fourth-order valence-corrected chi connectivity index (χ4v) is 2.04. The predicted octanol–water partition coefficient (Wildman–Crippen LogP) is 0.430. The van der Waals surface area contributed by atoms with Crippen molar-refractivity contribution >= 4 is 10.0 Å².